The molecule has 0 aliphatic carbocycles. The fourth-order valence-electron chi connectivity index (χ4n) is 3.75. The Bertz CT molecular complexity index is 1010. The molecule has 158 valence electrons. The van der Waals surface area contributed by atoms with Gasteiger partial charge in [0.1, 0.15) is 0 Å². The van der Waals surface area contributed by atoms with Crippen molar-refractivity contribution in [2.24, 2.45) is 4.99 Å². The lowest BCUT2D eigenvalue weighted by Gasteiger charge is -2.20. The Balaban J connectivity index is 0.00000256. The van der Waals surface area contributed by atoms with Crippen LogP contribution < -0.4 is 15.5 Å². The highest BCUT2D eigenvalue weighted by Crippen LogP contribution is 2.20. The Morgan fingerprint density at radius 3 is 2.80 bits per heavy atom. The van der Waals surface area contributed by atoms with E-state index in [1.807, 2.05) is 17.2 Å². The number of hydrogen-bond donors (Lipinski definition) is 2. The monoisotopic (exact) mass is 520 g/mol. The number of anilines is 1. The number of aromatic nitrogens is 2. The van der Waals surface area contributed by atoms with Gasteiger partial charge in [0.2, 0.25) is 0 Å². The molecule has 1 aliphatic rings. The molecule has 1 atom stereocenters. The van der Waals surface area contributed by atoms with E-state index >= 15 is 0 Å². The number of halogens is 2. The van der Waals surface area contributed by atoms with Gasteiger partial charge in [0.25, 0.3) is 0 Å². The number of rotatable bonds is 5. The van der Waals surface area contributed by atoms with Crippen molar-refractivity contribution < 1.29 is 4.39 Å². The minimum Gasteiger partial charge on any atom is -0.356 e. The maximum atomic E-state index is 14.0. The SMILES string of the molecule is CN=C(NCCc1cccc2cccnc12)NC1CCN(c2ncccc2F)C1.I. The van der Waals surface area contributed by atoms with Crippen molar-refractivity contribution in [3.05, 3.63) is 66.2 Å². The number of hydrogen-bond acceptors (Lipinski definition) is 4. The molecule has 4 rings (SSSR count). The van der Waals surface area contributed by atoms with E-state index in [-0.39, 0.29) is 35.8 Å². The topological polar surface area (TPSA) is 65.4 Å². The summed E-state index contributed by atoms with van der Waals surface area (Å²) in [7, 11) is 1.76. The molecule has 1 saturated heterocycles. The summed E-state index contributed by atoms with van der Waals surface area (Å²) in [5.74, 6) is 0.897. The van der Waals surface area contributed by atoms with Gasteiger partial charge in [-0.05, 0) is 36.6 Å². The molecule has 3 aromatic rings. The van der Waals surface area contributed by atoms with Crippen LogP contribution in [0, 0.1) is 5.82 Å². The minimum absolute atomic E-state index is 0. The van der Waals surface area contributed by atoms with Crippen molar-refractivity contribution in [1.82, 2.24) is 20.6 Å². The zero-order chi connectivity index (χ0) is 20.1. The Morgan fingerprint density at radius 1 is 1.17 bits per heavy atom. The first-order valence-corrected chi connectivity index (χ1v) is 9.90. The first-order chi connectivity index (χ1) is 14.2. The number of para-hydroxylation sites is 1. The molecule has 0 saturated carbocycles. The largest absolute Gasteiger partial charge is 0.356 e. The molecule has 1 fully saturated rings. The second-order valence-electron chi connectivity index (χ2n) is 7.13. The molecule has 1 unspecified atom stereocenters. The van der Waals surface area contributed by atoms with Crippen LogP contribution in [0.3, 0.4) is 0 Å². The lowest BCUT2D eigenvalue weighted by molar-refractivity contribution is 0.612. The predicted octanol–water partition coefficient (Wildman–Crippen LogP) is 3.37. The number of benzene rings is 1. The van der Waals surface area contributed by atoms with Crippen molar-refractivity contribution >= 4 is 46.7 Å². The summed E-state index contributed by atoms with van der Waals surface area (Å²) in [6.45, 7) is 2.22. The molecule has 30 heavy (non-hydrogen) atoms. The molecule has 6 nitrogen and oxygen atoms in total. The Hall–Kier alpha value is -2.49. The van der Waals surface area contributed by atoms with Crippen LogP contribution in [0.25, 0.3) is 10.9 Å². The van der Waals surface area contributed by atoms with Gasteiger partial charge in [-0.1, -0.05) is 24.3 Å². The molecule has 2 N–H and O–H groups in total. The number of pyridine rings is 2. The fraction of sp³-hybridized carbons (Fsp3) is 0.318. The number of aliphatic imine (C=N–C) groups is 1. The van der Waals surface area contributed by atoms with Crippen LogP contribution in [0.15, 0.2) is 59.9 Å². The number of nitrogens with zero attached hydrogens (tertiary/aromatic N) is 4. The number of guanidine groups is 1. The van der Waals surface area contributed by atoms with Crippen molar-refractivity contribution in [1.29, 1.82) is 0 Å². The van der Waals surface area contributed by atoms with Gasteiger partial charge in [-0.25, -0.2) is 9.37 Å². The molecular weight excluding hydrogens is 494 g/mol. The molecule has 0 bridgehead atoms. The standard InChI is InChI=1S/C22H25FN6.HI/c1-24-22(27-13-9-17-6-2-5-16-7-3-11-25-20(16)17)28-18-10-14-29(15-18)21-19(23)8-4-12-26-21;/h2-8,11-12,18H,9-10,13-15H2,1H3,(H2,24,27,28);1H. The van der Waals surface area contributed by atoms with Crippen LogP contribution in [-0.2, 0) is 6.42 Å². The van der Waals surface area contributed by atoms with E-state index in [1.165, 1.54) is 11.6 Å². The van der Waals surface area contributed by atoms with E-state index < -0.39 is 0 Å². The second-order valence-corrected chi connectivity index (χ2v) is 7.13. The Labute approximate surface area is 193 Å². The van der Waals surface area contributed by atoms with Gasteiger partial charge in [-0.2, -0.15) is 0 Å². The van der Waals surface area contributed by atoms with E-state index in [4.69, 9.17) is 0 Å². The molecule has 1 aromatic carbocycles. The van der Waals surface area contributed by atoms with Gasteiger partial charge in [0, 0.05) is 50.5 Å². The molecular formula is C22H26FIN6. The third-order valence-corrected chi connectivity index (χ3v) is 5.19. The van der Waals surface area contributed by atoms with Crippen LogP contribution in [0.5, 0.6) is 0 Å². The van der Waals surface area contributed by atoms with Crippen molar-refractivity contribution in [3.63, 3.8) is 0 Å². The van der Waals surface area contributed by atoms with Crippen molar-refractivity contribution in [2.75, 3.05) is 31.6 Å². The lowest BCUT2D eigenvalue weighted by atomic mass is 10.1. The van der Waals surface area contributed by atoms with E-state index in [0.717, 1.165) is 42.8 Å². The van der Waals surface area contributed by atoms with E-state index in [0.29, 0.717) is 12.4 Å². The van der Waals surface area contributed by atoms with Gasteiger partial charge in [0.05, 0.1) is 5.52 Å². The first-order valence-electron chi connectivity index (χ1n) is 9.90. The average Bonchev–Trinajstić information content (AvgIpc) is 3.21. The summed E-state index contributed by atoms with van der Waals surface area (Å²) in [6.07, 6.45) is 5.22. The van der Waals surface area contributed by atoms with Crippen LogP contribution in [0.4, 0.5) is 10.2 Å². The fourth-order valence-corrected chi connectivity index (χ4v) is 3.75. The van der Waals surface area contributed by atoms with Gasteiger partial charge in [0.15, 0.2) is 17.6 Å². The maximum Gasteiger partial charge on any atom is 0.191 e. The highest BCUT2D eigenvalue weighted by atomic mass is 127. The van der Waals surface area contributed by atoms with Crippen LogP contribution in [0.2, 0.25) is 0 Å². The average molecular weight is 520 g/mol. The van der Waals surface area contributed by atoms with E-state index in [9.17, 15) is 4.39 Å². The first kappa shape index (κ1) is 22.2. The number of nitrogens with one attached hydrogen (secondary N) is 2. The zero-order valence-electron chi connectivity index (χ0n) is 16.9. The maximum absolute atomic E-state index is 14.0. The van der Waals surface area contributed by atoms with Crippen LogP contribution >= 0.6 is 24.0 Å². The van der Waals surface area contributed by atoms with Gasteiger partial charge in [-0.15, -0.1) is 24.0 Å². The van der Waals surface area contributed by atoms with Crippen LogP contribution in [-0.4, -0.2) is 48.7 Å². The minimum atomic E-state index is -0.278. The second kappa shape index (κ2) is 10.5. The molecule has 8 heteroatoms. The third kappa shape index (κ3) is 5.16. The predicted molar refractivity (Wildman–Crippen MR) is 130 cm³/mol. The highest BCUT2D eigenvalue weighted by molar-refractivity contribution is 14.0. The molecule has 0 amide bonds. The van der Waals surface area contributed by atoms with Gasteiger partial charge < -0.3 is 15.5 Å². The molecule has 0 radical (unpaired) electrons. The summed E-state index contributed by atoms with van der Waals surface area (Å²) < 4.78 is 14.0. The molecule has 3 heterocycles. The Kier molecular flexibility index (Phi) is 7.78. The zero-order valence-corrected chi connectivity index (χ0v) is 19.2. The van der Waals surface area contributed by atoms with Crippen LogP contribution in [0.1, 0.15) is 12.0 Å². The summed E-state index contributed by atoms with van der Waals surface area (Å²) in [5, 5.41) is 7.97. The van der Waals surface area contributed by atoms with E-state index in [2.05, 4.69) is 49.9 Å². The molecule has 0 spiro atoms. The Morgan fingerprint density at radius 2 is 1.97 bits per heavy atom. The smallest absolute Gasteiger partial charge is 0.191 e. The molecule has 2 aromatic heterocycles. The molecule has 1 aliphatic heterocycles. The normalized spacial score (nSPS) is 16.4. The van der Waals surface area contributed by atoms with Crippen molar-refractivity contribution in [2.45, 2.75) is 18.9 Å². The van der Waals surface area contributed by atoms with Gasteiger partial charge >= 0.3 is 0 Å². The van der Waals surface area contributed by atoms with E-state index in [1.54, 1.807) is 19.3 Å². The van der Waals surface area contributed by atoms with Gasteiger partial charge in [-0.3, -0.25) is 9.98 Å². The summed E-state index contributed by atoms with van der Waals surface area (Å²) in [4.78, 5) is 15.0. The lowest BCUT2D eigenvalue weighted by Crippen LogP contribution is -2.45. The summed E-state index contributed by atoms with van der Waals surface area (Å²) >= 11 is 0. The highest BCUT2D eigenvalue weighted by Gasteiger charge is 2.25. The third-order valence-electron chi connectivity index (χ3n) is 5.19. The summed E-state index contributed by atoms with van der Waals surface area (Å²) in [6, 6.07) is 13.6. The summed E-state index contributed by atoms with van der Waals surface area (Å²) in [5.41, 5.74) is 2.26. The van der Waals surface area contributed by atoms with Crippen molar-refractivity contribution in [3.8, 4) is 0 Å². The quantitative estimate of drug-likeness (QED) is 0.307. The number of fused-ring (bicyclic) bond motifs is 1.